The summed E-state index contributed by atoms with van der Waals surface area (Å²) in [5.74, 6) is -15.7. The van der Waals surface area contributed by atoms with Gasteiger partial charge in [0.25, 0.3) is 0 Å². The Bertz CT molecular complexity index is 2060. The number of amides is 10. The smallest absolute Gasteiger partial charge is 0.326 e. The molecule has 1 fully saturated rings. The van der Waals surface area contributed by atoms with Crippen LogP contribution in [0, 0.1) is 17.8 Å². The zero-order chi connectivity index (χ0) is 58.0. The van der Waals surface area contributed by atoms with E-state index in [4.69, 9.17) is 22.9 Å². The zero-order valence-electron chi connectivity index (χ0n) is 44.1. The summed E-state index contributed by atoms with van der Waals surface area (Å²) in [7, 11) is 0. The number of carboxylic acids is 3. The van der Waals surface area contributed by atoms with Crippen molar-refractivity contribution in [1.82, 2.24) is 47.4 Å². The third-order valence-electron chi connectivity index (χ3n) is 12.5. The van der Waals surface area contributed by atoms with E-state index in [0.717, 1.165) is 0 Å². The lowest BCUT2D eigenvalue weighted by Gasteiger charge is -2.31. The minimum absolute atomic E-state index is 0.0316. The molecule has 1 heterocycles. The Labute approximate surface area is 441 Å². The number of nitrogens with one attached hydrogen (secondary N) is 8. The number of hydrogen-bond donors (Lipinski definition) is 15. The van der Waals surface area contributed by atoms with E-state index < -0.39 is 169 Å². The molecule has 0 aromatic heterocycles. The number of hydrogen-bond acceptors (Lipinski definition) is 16. The molecule has 29 heteroatoms. The van der Waals surface area contributed by atoms with Gasteiger partial charge in [0.1, 0.15) is 48.3 Å². The summed E-state index contributed by atoms with van der Waals surface area (Å²) in [5.41, 5.74) is 22.6. The summed E-state index contributed by atoms with van der Waals surface area (Å²) in [4.78, 5) is 170. The van der Waals surface area contributed by atoms with E-state index in [1.165, 1.54) is 4.90 Å². The first-order chi connectivity index (χ1) is 35.6. The number of nitrogens with zero attached hydrogens (tertiary/aromatic N) is 1. The van der Waals surface area contributed by atoms with Crippen LogP contribution in [0.5, 0.6) is 0 Å². The van der Waals surface area contributed by atoms with E-state index in [1.807, 2.05) is 0 Å². The second-order valence-corrected chi connectivity index (χ2v) is 19.4. The molecule has 0 bridgehead atoms. The standard InChI is InChI=1S/C47H81N13O16/c1-7-25(6)38(59-44(72)36(51)23(2)3)45(73)57-28(19-32(50)61)41(69)56-29(20-34(63)64)39(67)52-22-33(62)53-30(21-35(65)66)42(70)55-27(14-9-11-17-49)46(74)60-18-12-15-31(60)43(71)54-26(13-8-10-16-48)40(68)58-37(24(4)5)47(75)76/h23-31,36-38H,7-22,48-49,51H2,1-6H3,(H2,50,61)(H,52,67)(H,53,62)(H,54,71)(H,55,70)(H,56,69)(H,57,73)(H,58,68)(H,59,72)(H,63,64)(H,65,66)(H,75,76)/t25-,26-,27-,28-,29-,30-,31-,36-,37-,38-/m0/s1. The fourth-order valence-electron chi connectivity index (χ4n) is 7.82. The van der Waals surface area contributed by atoms with Crippen molar-refractivity contribution in [2.75, 3.05) is 26.2 Å². The van der Waals surface area contributed by atoms with Crippen molar-refractivity contribution in [1.29, 1.82) is 0 Å². The Hall–Kier alpha value is -7.01. The summed E-state index contributed by atoms with van der Waals surface area (Å²) in [6, 6.07) is -13.0. The third kappa shape index (κ3) is 23.3. The first-order valence-corrected chi connectivity index (χ1v) is 25.4. The first-order valence-electron chi connectivity index (χ1n) is 25.4. The van der Waals surface area contributed by atoms with E-state index >= 15 is 0 Å². The minimum atomic E-state index is -1.97. The Balaban J connectivity index is 3.31. The molecule has 0 saturated carbocycles. The maximum atomic E-state index is 14.2. The zero-order valence-corrected chi connectivity index (χ0v) is 44.1. The average molecular weight is 1080 g/mol. The van der Waals surface area contributed by atoms with Gasteiger partial charge in [0.15, 0.2) is 0 Å². The van der Waals surface area contributed by atoms with Crippen molar-refractivity contribution in [2.24, 2.45) is 40.7 Å². The number of nitrogens with two attached hydrogens (primary N) is 4. The van der Waals surface area contributed by atoms with Crippen molar-refractivity contribution in [2.45, 2.75) is 173 Å². The van der Waals surface area contributed by atoms with Gasteiger partial charge in [0, 0.05) is 6.54 Å². The van der Waals surface area contributed by atoms with E-state index in [2.05, 4.69) is 42.5 Å². The van der Waals surface area contributed by atoms with Crippen LogP contribution in [-0.4, -0.2) is 178 Å². The van der Waals surface area contributed by atoms with Crippen LogP contribution in [-0.2, 0) is 62.3 Å². The fraction of sp³-hybridized carbons (Fsp3) is 0.723. The third-order valence-corrected chi connectivity index (χ3v) is 12.5. The van der Waals surface area contributed by atoms with Gasteiger partial charge in [0.05, 0.1) is 31.8 Å². The lowest BCUT2D eigenvalue weighted by Crippen LogP contribution is -2.60. The molecule has 0 radical (unpaired) electrons. The molecule has 10 amide bonds. The Kier molecular flexibility index (Phi) is 29.8. The van der Waals surface area contributed by atoms with Gasteiger partial charge in [0.2, 0.25) is 59.1 Å². The average Bonchev–Trinajstić information content (AvgIpc) is 3.84. The summed E-state index contributed by atoms with van der Waals surface area (Å²) >= 11 is 0. The molecule has 1 rings (SSSR count). The molecular weight excluding hydrogens is 1000 g/mol. The molecule has 29 nitrogen and oxygen atoms in total. The quantitative estimate of drug-likeness (QED) is 0.0262. The van der Waals surface area contributed by atoms with E-state index in [9.17, 15) is 77.6 Å². The normalized spacial score (nSPS) is 16.7. The topological polar surface area (TPSA) is 486 Å². The highest BCUT2D eigenvalue weighted by Crippen LogP contribution is 2.21. The van der Waals surface area contributed by atoms with Gasteiger partial charge in [-0.2, -0.15) is 0 Å². The number of rotatable bonds is 36. The minimum Gasteiger partial charge on any atom is -0.481 e. The Morgan fingerprint density at radius 3 is 1.54 bits per heavy atom. The molecule has 0 unspecified atom stereocenters. The summed E-state index contributed by atoms with van der Waals surface area (Å²) in [6.45, 7) is 9.36. The Morgan fingerprint density at radius 2 is 1.05 bits per heavy atom. The van der Waals surface area contributed by atoms with Gasteiger partial charge in [-0.1, -0.05) is 48.0 Å². The predicted octanol–water partition coefficient (Wildman–Crippen LogP) is -4.66. The van der Waals surface area contributed by atoms with Crippen LogP contribution in [0.2, 0.25) is 0 Å². The number of carbonyl (C=O) groups excluding carboxylic acids is 10. The van der Waals surface area contributed by atoms with Crippen molar-refractivity contribution in [3.8, 4) is 0 Å². The van der Waals surface area contributed by atoms with Gasteiger partial charge >= 0.3 is 17.9 Å². The largest absolute Gasteiger partial charge is 0.481 e. The number of carbonyl (C=O) groups is 13. The van der Waals surface area contributed by atoms with Crippen LogP contribution < -0.4 is 65.5 Å². The molecule has 0 aliphatic carbocycles. The van der Waals surface area contributed by atoms with Crippen LogP contribution in [0.4, 0.5) is 0 Å². The molecule has 10 atom stereocenters. The van der Waals surface area contributed by atoms with Crippen LogP contribution in [0.1, 0.15) is 119 Å². The van der Waals surface area contributed by atoms with Crippen molar-refractivity contribution in [3.05, 3.63) is 0 Å². The van der Waals surface area contributed by atoms with Gasteiger partial charge in [-0.15, -0.1) is 0 Å². The van der Waals surface area contributed by atoms with Gasteiger partial charge in [-0.05, 0) is 82.2 Å². The van der Waals surface area contributed by atoms with Crippen molar-refractivity contribution < 1.29 is 77.6 Å². The molecule has 0 aromatic rings. The maximum Gasteiger partial charge on any atom is 0.326 e. The molecule has 1 aliphatic rings. The lowest BCUT2D eigenvalue weighted by atomic mass is 9.96. The highest BCUT2D eigenvalue weighted by Gasteiger charge is 2.41. The molecular formula is C47H81N13O16. The Morgan fingerprint density at radius 1 is 0.566 bits per heavy atom. The molecule has 19 N–H and O–H groups in total. The van der Waals surface area contributed by atoms with Gasteiger partial charge in [-0.25, -0.2) is 4.79 Å². The van der Waals surface area contributed by atoms with E-state index in [-0.39, 0.29) is 51.2 Å². The monoisotopic (exact) mass is 1080 g/mol. The van der Waals surface area contributed by atoms with Crippen LogP contribution in [0.25, 0.3) is 0 Å². The molecule has 1 saturated heterocycles. The van der Waals surface area contributed by atoms with E-state index in [0.29, 0.717) is 32.1 Å². The number of likely N-dealkylation sites (tertiary alicyclic amines) is 1. The predicted molar refractivity (Wildman–Crippen MR) is 270 cm³/mol. The molecule has 76 heavy (non-hydrogen) atoms. The fourth-order valence-corrected chi connectivity index (χ4v) is 7.82. The van der Waals surface area contributed by atoms with Crippen molar-refractivity contribution in [3.63, 3.8) is 0 Å². The van der Waals surface area contributed by atoms with Crippen LogP contribution in [0.3, 0.4) is 0 Å². The summed E-state index contributed by atoms with van der Waals surface area (Å²) in [6.07, 6.45) is -0.625. The van der Waals surface area contributed by atoms with Gasteiger partial charge in [-0.3, -0.25) is 57.5 Å². The number of carboxylic acid groups (broad SMARTS) is 3. The summed E-state index contributed by atoms with van der Waals surface area (Å²) < 4.78 is 0. The van der Waals surface area contributed by atoms with Crippen LogP contribution in [0.15, 0.2) is 0 Å². The first kappa shape index (κ1) is 67.0. The highest BCUT2D eigenvalue weighted by atomic mass is 16.4. The molecule has 1 aliphatic heterocycles. The van der Waals surface area contributed by atoms with Crippen LogP contribution >= 0.6 is 0 Å². The van der Waals surface area contributed by atoms with Gasteiger partial charge < -0.3 is 85.7 Å². The molecule has 0 aromatic carbocycles. The summed E-state index contributed by atoms with van der Waals surface area (Å²) in [5, 5.41) is 47.7. The van der Waals surface area contributed by atoms with E-state index in [1.54, 1.807) is 41.5 Å². The SMILES string of the molecule is CC[C@H](C)[C@H](NC(=O)[C@@H](N)C(C)C)C(=O)N[C@@H](CC(N)=O)C(=O)N[C@@H](CC(=O)O)C(=O)NCC(=O)N[C@@H](CC(=O)O)C(=O)N[C@@H](CCCCN)C(=O)N1CCC[C@H]1C(=O)N[C@@H](CCCCN)C(=O)N[C@H](C(=O)O)C(C)C. The number of unbranched alkanes of at least 4 members (excludes halogenated alkanes) is 2. The second kappa shape index (κ2) is 33.8. The number of primary amides is 1. The molecule has 430 valence electrons. The lowest BCUT2D eigenvalue weighted by molar-refractivity contribution is -0.145. The van der Waals surface area contributed by atoms with Crippen molar-refractivity contribution >= 4 is 77.0 Å². The second-order valence-electron chi connectivity index (χ2n) is 19.4. The molecule has 0 spiro atoms. The maximum absolute atomic E-state index is 14.2. The highest BCUT2D eigenvalue weighted by molar-refractivity contribution is 6.00. The number of aliphatic carboxylic acids is 3.